The molecule has 21 heavy (non-hydrogen) atoms. The van der Waals surface area contributed by atoms with Crippen LogP contribution < -0.4 is 14.8 Å². The van der Waals surface area contributed by atoms with Crippen molar-refractivity contribution in [1.82, 2.24) is 10.3 Å². The van der Waals surface area contributed by atoms with Gasteiger partial charge in [0.15, 0.2) is 0 Å². The average molecular weight is 284 g/mol. The number of ether oxygens (including phenoxy) is 2. The number of hydrogen-bond donors (Lipinski definition) is 1. The van der Waals surface area contributed by atoms with Crippen molar-refractivity contribution in [2.24, 2.45) is 0 Å². The molecule has 3 rings (SSSR count). The molecule has 1 aromatic carbocycles. The smallest absolute Gasteiger partial charge is 0.123 e. The van der Waals surface area contributed by atoms with Crippen LogP contribution in [-0.4, -0.2) is 24.7 Å². The number of nitrogens with one attached hydrogen (secondary N) is 1. The molecular formula is C17H20N2O2. The van der Waals surface area contributed by atoms with Crippen LogP contribution in [0.3, 0.4) is 0 Å². The highest BCUT2D eigenvalue weighted by Crippen LogP contribution is 2.27. The molecule has 1 aromatic heterocycles. The second-order valence-electron chi connectivity index (χ2n) is 5.32. The Labute approximate surface area is 125 Å². The fraction of sp³-hybridized carbons (Fsp3) is 0.353. The summed E-state index contributed by atoms with van der Waals surface area (Å²) in [6, 6.07) is 12.1. The minimum absolute atomic E-state index is 0.203. The van der Waals surface area contributed by atoms with Gasteiger partial charge in [0.05, 0.1) is 12.8 Å². The molecule has 1 unspecified atom stereocenters. The van der Waals surface area contributed by atoms with E-state index in [1.165, 1.54) is 5.56 Å². The normalized spacial score (nSPS) is 16.4. The number of nitrogens with zero attached hydrogens (tertiary/aromatic N) is 1. The van der Waals surface area contributed by atoms with E-state index in [1.54, 1.807) is 7.11 Å². The van der Waals surface area contributed by atoms with Crippen molar-refractivity contribution in [3.63, 3.8) is 0 Å². The van der Waals surface area contributed by atoms with E-state index in [0.717, 1.165) is 35.9 Å². The van der Waals surface area contributed by atoms with Crippen molar-refractivity contribution < 1.29 is 9.47 Å². The zero-order chi connectivity index (χ0) is 14.7. The molecule has 0 spiro atoms. The van der Waals surface area contributed by atoms with E-state index in [2.05, 4.69) is 22.4 Å². The number of fused-ring (bicyclic) bond motifs is 1. The van der Waals surface area contributed by atoms with Crippen molar-refractivity contribution >= 4 is 0 Å². The summed E-state index contributed by atoms with van der Waals surface area (Å²) in [7, 11) is 1.68. The second kappa shape index (κ2) is 6.14. The predicted molar refractivity (Wildman–Crippen MR) is 81.8 cm³/mol. The van der Waals surface area contributed by atoms with Gasteiger partial charge in [0, 0.05) is 37.3 Å². The first kappa shape index (κ1) is 13.9. The molecule has 0 fully saturated rings. The number of para-hydroxylation sites is 1. The highest BCUT2D eigenvalue weighted by molar-refractivity contribution is 5.37. The molecule has 0 amide bonds. The molecular weight excluding hydrogens is 264 g/mol. The molecule has 0 bridgehead atoms. The lowest BCUT2D eigenvalue weighted by Crippen LogP contribution is -2.30. The van der Waals surface area contributed by atoms with Crippen LogP contribution in [0.2, 0.25) is 0 Å². The topological polar surface area (TPSA) is 43.4 Å². The lowest BCUT2D eigenvalue weighted by atomic mass is 10.1. The van der Waals surface area contributed by atoms with E-state index in [0.29, 0.717) is 6.54 Å². The molecule has 1 aliphatic heterocycles. The van der Waals surface area contributed by atoms with Gasteiger partial charge in [-0.25, -0.2) is 0 Å². The summed E-state index contributed by atoms with van der Waals surface area (Å²) < 4.78 is 11.2. The third-order valence-corrected chi connectivity index (χ3v) is 3.61. The first-order chi connectivity index (χ1) is 10.2. The molecule has 1 N–H and O–H groups in total. The Bertz CT molecular complexity index is 603. The summed E-state index contributed by atoms with van der Waals surface area (Å²) in [5.74, 6) is 1.86. The van der Waals surface area contributed by atoms with Gasteiger partial charge >= 0.3 is 0 Å². The van der Waals surface area contributed by atoms with Gasteiger partial charge in [-0.3, -0.25) is 4.98 Å². The molecule has 1 aliphatic rings. The summed E-state index contributed by atoms with van der Waals surface area (Å²) in [4.78, 5) is 4.50. The molecule has 4 nitrogen and oxygen atoms in total. The van der Waals surface area contributed by atoms with Crippen LogP contribution in [0.5, 0.6) is 11.5 Å². The van der Waals surface area contributed by atoms with E-state index in [-0.39, 0.29) is 6.10 Å². The predicted octanol–water partition coefficient (Wildman–Crippen LogP) is 2.49. The second-order valence-corrected chi connectivity index (χ2v) is 5.32. The van der Waals surface area contributed by atoms with Gasteiger partial charge in [0.1, 0.15) is 17.6 Å². The maximum Gasteiger partial charge on any atom is 0.123 e. The number of rotatable bonds is 5. The maximum absolute atomic E-state index is 5.91. The van der Waals surface area contributed by atoms with Crippen LogP contribution in [0.1, 0.15) is 17.0 Å². The summed E-state index contributed by atoms with van der Waals surface area (Å²) >= 11 is 0. The summed E-state index contributed by atoms with van der Waals surface area (Å²) in [6.07, 6.45) is 1.17. The zero-order valence-electron chi connectivity index (χ0n) is 12.4. The van der Waals surface area contributed by atoms with Crippen molar-refractivity contribution in [3.8, 4) is 11.5 Å². The van der Waals surface area contributed by atoms with Crippen LogP contribution >= 0.6 is 0 Å². The first-order valence-electron chi connectivity index (χ1n) is 7.21. The Morgan fingerprint density at radius 1 is 1.33 bits per heavy atom. The monoisotopic (exact) mass is 284 g/mol. The third kappa shape index (κ3) is 3.34. The van der Waals surface area contributed by atoms with E-state index in [1.807, 2.05) is 31.2 Å². The number of methoxy groups -OCH3 is 1. The Balaban J connectivity index is 1.52. The fourth-order valence-corrected chi connectivity index (χ4v) is 2.64. The molecule has 1 atom stereocenters. The zero-order valence-corrected chi connectivity index (χ0v) is 12.4. The Morgan fingerprint density at radius 3 is 3.00 bits per heavy atom. The quantitative estimate of drug-likeness (QED) is 0.916. The van der Waals surface area contributed by atoms with Gasteiger partial charge in [0.2, 0.25) is 0 Å². The molecule has 2 aromatic rings. The Morgan fingerprint density at radius 2 is 2.19 bits per heavy atom. The number of aryl methyl sites for hydroxylation is 1. The van der Waals surface area contributed by atoms with Crippen molar-refractivity contribution in [3.05, 3.63) is 53.3 Å². The number of pyridine rings is 1. The molecule has 2 heterocycles. The Hall–Kier alpha value is -2.07. The number of benzene rings is 1. The Kier molecular flexibility index (Phi) is 4.06. The van der Waals surface area contributed by atoms with Crippen molar-refractivity contribution in [1.29, 1.82) is 0 Å². The van der Waals surface area contributed by atoms with Gasteiger partial charge in [-0.15, -0.1) is 0 Å². The minimum Gasteiger partial charge on any atom is -0.497 e. The van der Waals surface area contributed by atoms with Crippen LogP contribution in [-0.2, 0) is 13.0 Å². The van der Waals surface area contributed by atoms with Crippen LogP contribution in [0.4, 0.5) is 0 Å². The van der Waals surface area contributed by atoms with Crippen LogP contribution in [0.15, 0.2) is 36.4 Å². The van der Waals surface area contributed by atoms with Gasteiger partial charge in [0.25, 0.3) is 0 Å². The van der Waals surface area contributed by atoms with Gasteiger partial charge in [-0.05, 0) is 18.6 Å². The van der Waals surface area contributed by atoms with Gasteiger partial charge in [-0.2, -0.15) is 0 Å². The molecule has 0 saturated heterocycles. The highest BCUT2D eigenvalue weighted by Gasteiger charge is 2.21. The van der Waals surface area contributed by atoms with E-state index in [4.69, 9.17) is 9.47 Å². The molecule has 4 heteroatoms. The number of aromatic nitrogens is 1. The average Bonchev–Trinajstić information content (AvgIpc) is 2.89. The molecule has 110 valence electrons. The van der Waals surface area contributed by atoms with Crippen LogP contribution in [0.25, 0.3) is 0 Å². The SMILES string of the molecule is COc1cc(C)nc(CNCC2Cc3ccccc3O2)c1. The summed E-state index contributed by atoms with van der Waals surface area (Å²) in [5.41, 5.74) is 3.25. The molecule has 0 aliphatic carbocycles. The molecule has 0 radical (unpaired) electrons. The minimum atomic E-state index is 0.203. The van der Waals surface area contributed by atoms with E-state index in [9.17, 15) is 0 Å². The molecule has 0 saturated carbocycles. The van der Waals surface area contributed by atoms with Crippen molar-refractivity contribution in [2.45, 2.75) is 26.0 Å². The van der Waals surface area contributed by atoms with Gasteiger partial charge in [-0.1, -0.05) is 18.2 Å². The largest absolute Gasteiger partial charge is 0.497 e. The van der Waals surface area contributed by atoms with E-state index >= 15 is 0 Å². The lowest BCUT2D eigenvalue weighted by Gasteiger charge is -2.12. The van der Waals surface area contributed by atoms with Crippen LogP contribution in [0, 0.1) is 6.92 Å². The highest BCUT2D eigenvalue weighted by atomic mass is 16.5. The summed E-state index contributed by atoms with van der Waals surface area (Å²) in [5, 5.41) is 3.41. The lowest BCUT2D eigenvalue weighted by molar-refractivity contribution is 0.227. The van der Waals surface area contributed by atoms with Gasteiger partial charge < -0.3 is 14.8 Å². The maximum atomic E-state index is 5.91. The summed E-state index contributed by atoms with van der Waals surface area (Å²) in [6.45, 7) is 3.50. The standard InChI is InChI=1S/C17H20N2O2/c1-12-7-15(20-2)9-14(19-12)10-18-11-16-8-13-5-3-4-6-17(13)21-16/h3-7,9,16,18H,8,10-11H2,1-2H3. The number of hydrogen-bond acceptors (Lipinski definition) is 4. The third-order valence-electron chi connectivity index (χ3n) is 3.61. The van der Waals surface area contributed by atoms with E-state index < -0.39 is 0 Å². The van der Waals surface area contributed by atoms with Crippen molar-refractivity contribution in [2.75, 3.05) is 13.7 Å². The first-order valence-corrected chi connectivity index (χ1v) is 7.21. The fourth-order valence-electron chi connectivity index (χ4n) is 2.64.